The summed E-state index contributed by atoms with van der Waals surface area (Å²) >= 11 is 0. The van der Waals surface area contributed by atoms with E-state index in [4.69, 9.17) is 6.42 Å². The minimum atomic E-state index is 0.837. The fourth-order valence-corrected chi connectivity index (χ4v) is 1.08. The summed E-state index contributed by atoms with van der Waals surface area (Å²) in [5, 5.41) is 0. The molecular formula is C13H18. The zero-order valence-corrected chi connectivity index (χ0v) is 8.80. The molecule has 0 bridgehead atoms. The van der Waals surface area contributed by atoms with Crippen LogP contribution in [0.15, 0.2) is 24.3 Å². The normalized spacial score (nSPS) is 8.15. The van der Waals surface area contributed by atoms with Crippen molar-refractivity contribution >= 4 is 0 Å². The van der Waals surface area contributed by atoms with E-state index in [0.29, 0.717) is 0 Å². The molecule has 1 aromatic carbocycles. The summed E-state index contributed by atoms with van der Waals surface area (Å²) in [6.07, 6.45) is 7.00. The van der Waals surface area contributed by atoms with Crippen LogP contribution in [-0.4, -0.2) is 0 Å². The van der Waals surface area contributed by atoms with Gasteiger partial charge in [0.25, 0.3) is 0 Å². The Morgan fingerprint density at radius 2 is 2.00 bits per heavy atom. The van der Waals surface area contributed by atoms with E-state index in [1.165, 1.54) is 11.1 Å². The molecule has 1 rings (SSSR count). The van der Waals surface area contributed by atoms with Crippen LogP contribution in [0.25, 0.3) is 0 Å². The summed E-state index contributed by atoms with van der Waals surface area (Å²) in [7, 11) is 0. The maximum atomic E-state index is 5.16. The van der Waals surface area contributed by atoms with E-state index < -0.39 is 0 Å². The van der Waals surface area contributed by atoms with Crippen LogP contribution in [0.1, 0.15) is 31.4 Å². The molecule has 0 heteroatoms. The molecule has 0 fully saturated rings. The molecule has 0 spiro atoms. The van der Waals surface area contributed by atoms with Gasteiger partial charge in [0.15, 0.2) is 0 Å². The Morgan fingerprint density at radius 3 is 2.54 bits per heavy atom. The van der Waals surface area contributed by atoms with E-state index in [-0.39, 0.29) is 0 Å². The first-order chi connectivity index (χ1) is 6.33. The molecule has 0 radical (unpaired) electrons. The molecule has 0 unspecified atom stereocenters. The first-order valence-corrected chi connectivity index (χ1v) is 4.82. The van der Waals surface area contributed by atoms with Crippen molar-refractivity contribution in [3.05, 3.63) is 35.4 Å². The Balaban J connectivity index is 0.000000671. The van der Waals surface area contributed by atoms with Crippen molar-refractivity contribution in [2.24, 2.45) is 0 Å². The van der Waals surface area contributed by atoms with Crippen LogP contribution in [0.3, 0.4) is 0 Å². The van der Waals surface area contributed by atoms with Crippen molar-refractivity contribution in [3.8, 4) is 12.3 Å². The van der Waals surface area contributed by atoms with Crippen LogP contribution in [0.2, 0.25) is 0 Å². The second-order valence-corrected chi connectivity index (χ2v) is 2.69. The van der Waals surface area contributed by atoms with E-state index in [0.717, 1.165) is 12.8 Å². The highest BCUT2D eigenvalue weighted by Crippen LogP contribution is 2.05. The van der Waals surface area contributed by atoms with Crippen molar-refractivity contribution in [2.45, 2.75) is 33.6 Å². The number of rotatable bonds is 2. The second-order valence-electron chi connectivity index (χ2n) is 2.69. The van der Waals surface area contributed by atoms with Crippen LogP contribution in [-0.2, 0) is 6.42 Å². The van der Waals surface area contributed by atoms with Gasteiger partial charge in [-0.05, 0) is 18.9 Å². The molecule has 70 valence electrons. The van der Waals surface area contributed by atoms with Gasteiger partial charge in [0.2, 0.25) is 0 Å². The molecule has 0 aliphatic rings. The summed E-state index contributed by atoms with van der Waals surface area (Å²) in [5.74, 6) is 2.64. The average Bonchev–Trinajstić information content (AvgIpc) is 2.18. The lowest BCUT2D eigenvalue weighted by atomic mass is 10.1. The van der Waals surface area contributed by atoms with E-state index >= 15 is 0 Å². The van der Waals surface area contributed by atoms with Crippen LogP contribution in [0, 0.1) is 19.3 Å². The van der Waals surface area contributed by atoms with Crippen molar-refractivity contribution in [3.63, 3.8) is 0 Å². The average molecular weight is 174 g/mol. The van der Waals surface area contributed by atoms with Gasteiger partial charge < -0.3 is 0 Å². The third-order valence-electron chi connectivity index (χ3n) is 1.64. The predicted octanol–water partition coefficient (Wildman–Crippen LogP) is 3.59. The van der Waals surface area contributed by atoms with Crippen LogP contribution < -0.4 is 0 Å². The van der Waals surface area contributed by atoms with E-state index in [9.17, 15) is 0 Å². The molecule has 0 saturated heterocycles. The molecule has 0 N–H and O–H groups in total. The molecular weight excluding hydrogens is 156 g/mol. The monoisotopic (exact) mass is 174 g/mol. The first kappa shape index (κ1) is 11.8. The van der Waals surface area contributed by atoms with Gasteiger partial charge in [-0.2, -0.15) is 0 Å². The minimum Gasteiger partial charge on any atom is -0.120 e. The van der Waals surface area contributed by atoms with Crippen molar-refractivity contribution in [2.75, 3.05) is 0 Å². The van der Waals surface area contributed by atoms with Crippen molar-refractivity contribution < 1.29 is 0 Å². The van der Waals surface area contributed by atoms with Gasteiger partial charge in [-0.1, -0.05) is 43.7 Å². The van der Waals surface area contributed by atoms with Crippen LogP contribution in [0.4, 0.5) is 0 Å². The topological polar surface area (TPSA) is 0 Å². The number of hydrogen-bond acceptors (Lipinski definition) is 0. The van der Waals surface area contributed by atoms with Gasteiger partial charge in [-0.15, -0.1) is 12.3 Å². The summed E-state index contributed by atoms with van der Waals surface area (Å²) in [4.78, 5) is 0. The molecule has 0 atom stereocenters. The number of benzene rings is 1. The molecule has 1 aromatic rings. The van der Waals surface area contributed by atoms with Crippen molar-refractivity contribution in [1.82, 2.24) is 0 Å². The number of hydrogen-bond donors (Lipinski definition) is 0. The van der Waals surface area contributed by atoms with Gasteiger partial charge in [-0.25, -0.2) is 0 Å². The molecule has 0 amide bonds. The first-order valence-electron chi connectivity index (χ1n) is 4.82. The van der Waals surface area contributed by atoms with E-state index in [1.54, 1.807) is 0 Å². The van der Waals surface area contributed by atoms with Crippen LogP contribution >= 0.6 is 0 Å². The molecule has 0 aliphatic carbocycles. The Bertz CT molecular complexity index is 266. The maximum Gasteiger partial charge on any atom is 0.0127 e. The van der Waals surface area contributed by atoms with Gasteiger partial charge in [0, 0.05) is 6.42 Å². The largest absolute Gasteiger partial charge is 0.120 e. The summed E-state index contributed by atoms with van der Waals surface area (Å²) in [6.45, 7) is 6.10. The number of aryl methyl sites for hydroxylation is 2. The standard InChI is InChI=1S/C11H12.C2H6/c1-3-4-7-11-8-5-6-10(2)9-11;1-2/h1,5-6,8-9H,4,7H2,2H3;1-2H3. The van der Waals surface area contributed by atoms with Crippen molar-refractivity contribution in [1.29, 1.82) is 0 Å². The Labute approximate surface area is 82.0 Å². The van der Waals surface area contributed by atoms with Gasteiger partial charge >= 0.3 is 0 Å². The highest BCUT2D eigenvalue weighted by atomic mass is 13.9. The van der Waals surface area contributed by atoms with Gasteiger partial charge in [0.1, 0.15) is 0 Å². The highest BCUT2D eigenvalue weighted by Gasteiger charge is 1.90. The Morgan fingerprint density at radius 1 is 1.31 bits per heavy atom. The van der Waals surface area contributed by atoms with E-state index in [2.05, 4.69) is 37.1 Å². The summed E-state index contributed by atoms with van der Waals surface area (Å²) in [6, 6.07) is 8.46. The van der Waals surface area contributed by atoms with Crippen LogP contribution in [0.5, 0.6) is 0 Å². The van der Waals surface area contributed by atoms with Gasteiger partial charge in [-0.3, -0.25) is 0 Å². The molecule has 0 heterocycles. The lowest BCUT2D eigenvalue weighted by Gasteiger charge is -1.97. The third-order valence-corrected chi connectivity index (χ3v) is 1.64. The lowest BCUT2D eigenvalue weighted by molar-refractivity contribution is 1.03. The SMILES string of the molecule is C#CCCc1cccc(C)c1.CC. The fourth-order valence-electron chi connectivity index (χ4n) is 1.08. The van der Waals surface area contributed by atoms with Gasteiger partial charge in [0.05, 0.1) is 0 Å². The Kier molecular flexibility index (Phi) is 6.73. The number of terminal acetylenes is 1. The fraction of sp³-hybridized carbons (Fsp3) is 0.385. The smallest absolute Gasteiger partial charge is 0.0127 e. The second kappa shape index (κ2) is 7.43. The molecule has 0 aliphatic heterocycles. The Hall–Kier alpha value is -1.22. The molecule has 0 aromatic heterocycles. The zero-order chi connectivity index (χ0) is 10.1. The molecule has 0 saturated carbocycles. The predicted molar refractivity (Wildman–Crippen MR) is 59.7 cm³/mol. The maximum absolute atomic E-state index is 5.16. The van der Waals surface area contributed by atoms with E-state index in [1.807, 2.05) is 13.8 Å². The molecule has 0 nitrogen and oxygen atoms in total. The lowest BCUT2D eigenvalue weighted by Crippen LogP contribution is -1.83. The minimum absolute atomic E-state index is 0.837. The summed E-state index contributed by atoms with van der Waals surface area (Å²) in [5.41, 5.74) is 2.64. The molecule has 13 heavy (non-hydrogen) atoms. The highest BCUT2D eigenvalue weighted by molar-refractivity contribution is 5.22. The zero-order valence-electron chi connectivity index (χ0n) is 8.80. The summed E-state index contributed by atoms with van der Waals surface area (Å²) < 4.78 is 0. The third kappa shape index (κ3) is 5.09. The quantitative estimate of drug-likeness (QED) is 0.601.